The van der Waals surface area contributed by atoms with Gasteiger partial charge in [-0.25, -0.2) is 4.98 Å². The summed E-state index contributed by atoms with van der Waals surface area (Å²) in [5.41, 5.74) is 6.30. The van der Waals surface area contributed by atoms with Crippen molar-refractivity contribution >= 4 is 40.0 Å². The van der Waals surface area contributed by atoms with Crippen LogP contribution in [0, 0.1) is 13.8 Å². The van der Waals surface area contributed by atoms with Crippen molar-refractivity contribution in [1.82, 2.24) is 20.2 Å². The Morgan fingerprint density at radius 2 is 2.13 bits per heavy atom. The van der Waals surface area contributed by atoms with E-state index in [0.717, 1.165) is 15.3 Å². The molecule has 0 fully saturated rings. The van der Waals surface area contributed by atoms with Gasteiger partial charge in [-0.15, -0.1) is 28.8 Å². The summed E-state index contributed by atoms with van der Waals surface area (Å²) in [7, 11) is 0. The monoisotopic (exact) mass is 356 g/mol. The molecule has 3 rings (SSSR count). The maximum Gasteiger partial charge on any atom is 0.315 e. The van der Waals surface area contributed by atoms with Crippen LogP contribution in [0.4, 0.5) is 6.01 Å². The van der Waals surface area contributed by atoms with Crippen molar-refractivity contribution in [3.63, 3.8) is 0 Å². The molecule has 0 aromatic carbocycles. The van der Waals surface area contributed by atoms with Crippen molar-refractivity contribution in [3.05, 3.63) is 32.5 Å². The van der Waals surface area contributed by atoms with E-state index in [4.69, 9.17) is 10.2 Å². The van der Waals surface area contributed by atoms with Crippen molar-refractivity contribution in [3.8, 4) is 0 Å². The molecule has 0 bridgehead atoms. The fourth-order valence-electron chi connectivity index (χ4n) is 2.11. The Labute approximate surface area is 141 Å². The van der Waals surface area contributed by atoms with Gasteiger partial charge in [0.25, 0.3) is 5.56 Å². The average molecular weight is 357 g/mol. The Morgan fingerprint density at radius 3 is 2.83 bits per heavy atom. The second-order valence-corrected chi connectivity index (χ2v) is 6.06. The number of halogens is 1. The van der Waals surface area contributed by atoms with Crippen molar-refractivity contribution in [2.75, 3.05) is 11.9 Å². The highest BCUT2D eigenvalue weighted by molar-refractivity contribution is 7.18. The van der Waals surface area contributed by atoms with E-state index in [1.54, 1.807) is 0 Å². The summed E-state index contributed by atoms with van der Waals surface area (Å²) in [5.74, 6) is 1.00. The normalized spacial score (nSPS) is 10.7. The van der Waals surface area contributed by atoms with Crippen LogP contribution in [0.5, 0.6) is 0 Å². The van der Waals surface area contributed by atoms with Crippen LogP contribution >= 0.6 is 23.7 Å². The highest BCUT2D eigenvalue weighted by Gasteiger charge is 2.12. The lowest BCUT2D eigenvalue weighted by Gasteiger charge is -2.02. The lowest BCUT2D eigenvalue weighted by molar-refractivity contribution is 0.507. The number of aryl methyl sites for hydroxylation is 2. The molecule has 4 N–H and O–H groups in total. The number of thiophene rings is 1. The molecular weight excluding hydrogens is 340 g/mol. The number of anilines is 1. The number of hydrogen-bond acceptors (Lipinski definition) is 8. The quantitative estimate of drug-likeness (QED) is 0.633. The SMILES string of the molecule is Cc1sc2nc(CCNc3nnc(CN)o3)[nH]c(=O)c2c1C.Cl. The maximum absolute atomic E-state index is 12.1. The van der Waals surface area contributed by atoms with Crippen LogP contribution in [0.3, 0.4) is 0 Å². The Balaban J connectivity index is 0.00000192. The van der Waals surface area contributed by atoms with Gasteiger partial charge >= 0.3 is 6.01 Å². The number of aromatic nitrogens is 4. The first-order chi connectivity index (χ1) is 10.6. The molecule has 0 saturated carbocycles. The number of nitrogens with zero attached hydrogens (tertiary/aromatic N) is 3. The minimum atomic E-state index is -0.0925. The van der Waals surface area contributed by atoms with Crippen molar-refractivity contribution in [2.45, 2.75) is 26.8 Å². The van der Waals surface area contributed by atoms with E-state index in [0.29, 0.717) is 36.1 Å². The van der Waals surface area contributed by atoms with Gasteiger partial charge in [0.15, 0.2) is 0 Å². The second kappa shape index (κ2) is 7.07. The molecule has 0 unspecified atom stereocenters. The third-order valence-corrected chi connectivity index (χ3v) is 4.47. The van der Waals surface area contributed by atoms with E-state index in [-0.39, 0.29) is 24.5 Å². The van der Waals surface area contributed by atoms with Gasteiger partial charge in [-0.05, 0) is 19.4 Å². The first kappa shape index (κ1) is 17.4. The summed E-state index contributed by atoms with van der Waals surface area (Å²) in [4.78, 5) is 21.4. The first-order valence-electron chi connectivity index (χ1n) is 6.83. The standard InChI is InChI=1S/C13H16N6O2S.ClH/c1-6-7(2)22-12-10(6)11(20)16-8(17-12)3-4-15-13-19-18-9(5-14)21-13;/h3-5,14H2,1-2H3,(H,15,19)(H,16,17,20);1H. The summed E-state index contributed by atoms with van der Waals surface area (Å²) in [6.07, 6.45) is 0.543. The summed E-state index contributed by atoms with van der Waals surface area (Å²) in [6.45, 7) is 4.66. The van der Waals surface area contributed by atoms with E-state index >= 15 is 0 Å². The van der Waals surface area contributed by atoms with E-state index in [9.17, 15) is 4.79 Å². The lowest BCUT2D eigenvalue weighted by Crippen LogP contribution is -2.14. The number of fused-ring (bicyclic) bond motifs is 1. The number of aromatic amines is 1. The molecule has 3 aromatic rings. The molecule has 3 heterocycles. The highest BCUT2D eigenvalue weighted by Crippen LogP contribution is 2.25. The second-order valence-electron chi connectivity index (χ2n) is 4.86. The average Bonchev–Trinajstić information content (AvgIpc) is 3.05. The Morgan fingerprint density at radius 1 is 1.35 bits per heavy atom. The predicted octanol–water partition coefficient (Wildman–Crippen LogP) is 1.52. The van der Waals surface area contributed by atoms with Gasteiger partial charge in [-0.2, -0.15) is 0 Å². The number of nitrogens with one attached hydrogen (secondary N) is 2. The van der Waals surface area contributed by atoms with Crippen molar-refractivity contribution in [2.24, 2.45) is 5.73 Å². The van der Waals surface area contributed by atoms with E-state index in [1.165, 1.54) is 11.3 Å². The molecule has 0 aliphatic carbocycles. The van der Waals surface area contributed by atoms with E-state index in [2.05, 4.69) is 25.5 Å². The van der Waals surface area contributed by atoms with Crippen molar-refractivity contribution < 1.29 is 4.42 Å². The topological polar surface area (TPSA) is 123 Å². The molecule has 0 atom stereocenters. The van der Waals surface area contributed by atoms with Gasteiger partial charge in [0.05, 0.1) is 11.9 Å². The largest absolute Gasteiger partial charge is 0.407 e. The molecule has 0 radical (unpaired) electrons. The number of nitrogens with two attached hydrogens (primary N) is 1. The first-order valence-corrected chi connectivity index (χ1v) is 7.65. The molecule has 0 saturated heterocycles. The van der Waals surface area contributed by atoms with Crippen molar-refractivity contribution in [1.29, 1.82) is 0 Å². The van der Waals surface area contributed by atoms with Crippen LogP contribution in [0.25, 0.3) is 10.2 Å². The zero-order chi connectivity index (χ0) is 15.7. The molecule has 23 heavy (non-hydrogen) atoms. The Hall–Kier alpha value is -1.97. The highest BCUT2D eigenvalue weighted by atomic mass is 35.5. The van der Waals surface area contributed by atoms with Gasteiger partial charge in [0.2, 0.25) is 5.89 Å². The van der Waals surface area contributed by atoms with E-state index in [1.807, 2.05) is 13.8 Å². The van der Waals surface area contributed by atoms with Crippen LogP contribution in [0.15, 0.2) is 9.21 Å². The number of hydrogen-bond donors (Lipinski definition) is 3. The van der Waals surface area contributed by atoms with Gasteiger partial charge in [0.1, 0.15) is 10.7 Å². The molecular formula is C13H17ClN6O2S. The maximum atomic E-state index is 12.1. The zero-order valence-corrected chi connectivity index (χ0v) is 14.3. The summed E-state index contributed by atoms with van der Waals surface area (Å²) in [5, 5.41) is 11.2. The third-order valence-electron chi connectivity index (χ3n) is 3.37. The fourth-order valence-corrected chi connectivity index (χ4v) is 3.16. The van der Waals surface area contributed by atoms with Gasteiger partial charge < -0.3 is 20.5 Å². The Bertz CT molecular complexity index is 871. The summed E-state index contributed by atoms with van der Waals surface area (Å²) in [6, 6.07) is 0.312. The van der Waals surface area contributed by atoms with Crippen LogP contribution < -0.4 is 16.6 Å². The van der Waals surface area contributed by atoms with Gasteiger partial charge in [-0.1, -0.05) is 5.10 Å². The summed E-state index contributed by atoms with van der Waals surface area (Å²) < 4.78 is 5.24. The van der Waals surface area contributed by atoms with Crippen LogP contribution in [-0.4, -0.2) is 26.7 Å². The molecule has 3 aromatic heterocycles. The number of H-pyrrole nitrogens is 1. The van der Waals surface area contributed by atoms with Crippen LogP contribution in [0.1, 0.15) is 22.2 Å². The van der Waals surface area contributed by atoms with E-state index < -0.39 is 0 Å². The molecule has 0 aliphatic rings. The van der Waals surface area contributed by atoms with Gasteiger partial charge in [-0.3, -0.25) is 4.79 Å². The molecule has 124 valence electrons. The summed E-state index contributed by atoms with van der Waals surface area (Å²) >= 11 is 1.54. The molecule has 0 aliphatic heterocycles. The minimum Gasteiger partial charge on any atom is -0.407 e. The van der Waals surface area contributed by atoms with Crippen LogP contribution in [-0.2, 0) is 13.0 Å². The number of rotatable bonds is 5. The molecule has 10 heteroatoms. The fraction of sp³-hybridized carbons (Fsp3) is 0.385. The Kier molecular flexibility index (Phi) is 5.34. The lowest BCUT2D eigenvalue weighted by atomic mass is 10.2. The molecule has 0 spiro atoms. The molecule has 8 nitrogen and oxygen atoms in total. The third kappa shape index (κ3) is 3.52. The smallest absolute Gasteiger partial charge is 0.315 e. The van der Waals surface area contributed by atoms with Crippen LogP contribution in [0.2, 0.25) is 0 Å². The molecule has 0 amide bonds. The van der Waals surface area contributed by atoms with Gasteiger partial charge in [0, 0.05) is 17.8 Å². The minimum absolute atomic E-state index is 0. The zero-order valence-electron chi connectivity index (χ0n) is 12.7. The predicted molar refractivity (Wildman–Crippen MR) is 91.3 cm³/mol.